The van der Waals surface area contributed by atoms with Crippen LogP contribution in [0.4, 0.5) is 0 Å². The van der Waals surface area contributed by atoms with E-state index in [0.29, 0.717) is 12.5 Å². The lowest BCUT2D eigenvalue weighted by molar-refractivity contribution is -0.140. The summed E-state index contributed by atoms with van der Waals surface area (Å²) in [6, 6.07) is 0. The fourth-order valence-corrected chi connectivity index (χ4v) is 3.50. The Morgan fingerprint density at radius 1 is 1.12 bits per heavy atom. The van der Waals surface area contributed by atoms with Crippen molar-refractivity contribution >= 4 is 27.7 Å². The zero-order valence-corrected chi connectivity index (χ0v) is 11.9. The van der Waals surface area contributed by atoms with Crippen molar-refractivity contribution in [2.45, 2.75) is 39.0 Å². The predicted molar refractivity (Wildman–Crippen MR) is 69.7 cm³/mol. The van der Waals surface area contributed by atoms with Crippen molar-refractivity contribution in [3.05, 3.63) is 0 Å². The second kappa shape index (κ2) is 5.51. The molecule has 0 aromatic rings. The molecule has 0 aromatic heterocycles. The smallest absolute Gasteiger partial charge is 0.233 e. The second-order valence-corrected chi connectivity index (χ2v) is 6.16. The van der Waals surface area contributed by atoms with Crippen molar-refractivity contribution in [3.8, 4) is 0 Å². The normalized spacial score (nSPS) is 32.4. The van der Waals surface area contributed by atoms with Crippen LogP contribution in [0.25, 0.3) is 0 Å². The number of imide groups is 1. The Morgan fingerprint density at radius 3 is 2.24 bits per heavy atom. The Hall–Kier alpha value is -0.380. The van der Waals surface area contributed by atoms with Gasteiger partial charge in [0.2, 0.25) is 11.8 Å². The molecule has 1 saturated heterocycles. The molecule has 0 spiro atoms. The highest BCUT2D eigenvalue weighted by Crippen LogP contribution is 2.42. The summed E-state index contributed by atoms with van der Waals surface area (Å²) in [4.78, 5) is 25.7. The van der Waals surface area contributed by atoms with Gasteiger partial charge in [-0.2, -0.15) is 0 Å². The Balaban J connectivity index is 1.88. The first-order valence-electron chi connectivity index (χ1n) is 6.56. The van der Waals surface area contributed by atoms with Crippen molar-refractivity contribution in [2.75, 3.05) is 11.9 Å². The molecule has 1 saturated carbocycles. The maximum atomic E-state index is 12.1. The van der Waals surface area contributed by atoms with Crippen molar-refractivity contribution in [3.63, 3.8) is 0 Å². The number of hydrogen-bond donors (Lipinski definition) is 0. The van der Waals surface area contributed by atoms with Gasteiger partial charge in [0.1, 0.15) is 0 Å². The molecular formula is C13H20BrNO2. The lowest BCUT2D eigenvalue weighted by Crippen LogP contribution is -2.33. The highest BCUT2D eigenvalue weighted by atomic mass is 79.9. The van der Waals surface area contributed by atoms with Crippen LogP contribution in [0, 0.1) is 17.8 Å². The maximum Gasteiger partial charge on any atom is 0.233 e. The molecule has 17 heavy (non-hydrogen) atoms. The molecule has 2 fully saturated rings. The van der Waals surface area contributed by atoms with Crippen molar-refractivity contribution in [1.29, 1.82) is 0 Å². The van der Waals surface area contributed by atoms with Crippen LogP contribution in [0.2, 0.25) is 0 Å². The minimum atomic E-state index is 0.00803. The molecule has 0 aromatic carbocycles. The molecule has 0 radical (unpaired) electrons. The molecule has 0 N–H and O–H groups in total. The fourth-order valence-electron chi connectivity index (χ4n) is 3.11. The zero-order chi connectivity index (χ0) is 12.4. The van der Waals surface area contributed by atoms with Crippen LogP contribution in [-0.4, -0.2) is 28.6 Å². The van der Waals surface area contributed by atoms with E-state index in [1.54, 1.807) is 0 Å². The van der Waals surface area contributed by atoms with Gasteiger partial charge in [-0.1, -0.05) is 29.3 Å². The second-order valence-electron chi connectivity index (χ2n) is 5.37. The molecule has 4 heteroatoms. The maximum absolute atomic E-state index is 12.1. The molecule has 2 amide bonds. The van der Waals surface area contributed by atoms with Gasteiger partial charge in [0.05, 0.1) is 11.8 Å². The monoisotopic (exact) mass is 301 g/mol. The SMILES string of the molecule is CC1CC2C(=O)N(CCCCCBr)C(=O)C2C1. The van der Waals surface area contributed by atoms with E-state index in [4.69, 9.17) is 0 Å². The molecule has 2 unspecified atom stereocenters. The van der Waals surface area contributed by atoms with E-state index in [0.717, 1.165) is 37.4 Å². The third kappa shape index (κ3) is 2.56. The molecule has 96 valence electrons. The third-order valence-electron chi connectivity index (χ3n) is 3.98. The summed E-state index contributed by atoms with van der Waals surface area (Å²) in [6.07, 6.45) is 4.95. The number of fused-ring (bicyclic) bond motifs is 1. The standard InChI is InChI=1S/C13H20BrNO2/c1-9-7-10-11(8-9)13(17)15(12(10)16)6-4-2-3-5-14/h9-11H,2-8H2,1H3. The van der Waals surface area contributed by atoms with E-state index < -0.39 is 0 Å². The Morgan fingerprint density at radius 2 is 1.71 bits per heavy atom. The number of carbonyl (C=O) groups excluding carboxylic acids is 2. The number of carbonyl (C=O) groups is 2. The van der Waals surface area contributed by atoms with E-state index in [1.807, 2.05) is 0 Å². The Kier molecular flexibility index (Phi) is 4.23. The minimum absolute atomic E-state index is 0.00803. The van der Waals surface area contributed by atoms with E-state index in [-0.39, 0.29) is 23.7 Å². The summed E-state index contributed by atoms with van der Waals surface area (Å²) >= 11 is 3.39. The van der Waals surface area contributed by atoms with Gasteiger partial charge in [0, 0.05) is 11.9 Å². The average molecular weight is 302 g/mol. The van der Waals surface area contributed by atoms with Gasteiger partial charge in [-0.15, -0.1) is 0 Å². The van der Waals surface area contributed by atoms with Crippen LogP contribution in [0.15, 0.2) is 0 Å². The van der Waals surface area contributed by atoms with Crippen LogP contribution < -0.4 is 0 Å². The van der Waals surface area contributed by atoms with Gasteiger partial charge >= 0.3 is 0 Å². The lowest BCUT2D eigenvalue weighted by atomic mass is 10.00. The number of amides is 2. The van der Waals surface area contributed by atoms with Gasteiger partial charge in [0.15, 0.2) is 0 Å². The summed E-state index contributed by atoms with van der Waals surface area (Å²) in [5.41, 5.74) is 0. The van der Waals surface area contributed by atoms with Gasteiger partial charge in [-0.25, -0.2) is 0 Å². The summed E-state index contributed by atoms with van der Waals surface area (Å²) < 4.78 is 0. The molecular weight excluding hydrogens is 282 g/mol. The fraction of sp³-hybridized carbons (Fsp3) is 0.846. The number of unbranched alkanes of at least 4 members (excludes halogenated alkanes) is 2. The van der Waals surface area contributed by atoms with Crippen LogP contribution in [0.5, 0.6) is 0 Å². The predicted octanol–water partition coefficient (Wildman–Crippen LogP) is 2.58. The first kappa shape index (κ1) is 13.1. The van der Waals surface area contributed by atoms with Crippen molar-refractivity contribution < 1.29 is 9.59 Å². The molecule has 2 atom stereocenters. The van der Waals surface area contributed by atoms with Gasteiger partial charge in [-0.3, -0.25) is 14.5 Å². The van der Waals surface area contributed by atoms with Gasteiger partial charge in [-0.05, 0) is 31.6 Å². The van der Waals surface area contributed by atoms with Gasteiger partial charge in [0.25, 0.3) is 0 Å². The van der Waals surface area contributed by atoms with E-state index >= 15 is 0 Å². The van der Waals surface area contributed by atoms with Crippen LogP contribution in [0.1, 0.15) is 39.0 Å². The summed E-state index contributed by atoms with van der Waals surface area (Å²) in [5.74, 6) is 0.752. The first-order chi connectivity index (χ1) is 8.15. The molecule has 2 aliphatic rings. The summed E-state index contributed by atoms with van der Waals surface area (Å²) in [6.45, 7) is 2.77. The lowest BCUT2D eigenvalue weighted by Gasteiger charge is -2.16. The van der Waals surface area contributed by atoms with E-state index in [2.05, 4.69) is 22.9 Å². The quantitative estimate of drug-likeness (QED) is 0.445. The van der Waals surface area contributed by atoms with Crippen LogP contribution >= 0.6 is 15.9 Å². The first-order valence-corrected chi connectivity index (χ1v) is 7.68. The van der Waals surface area contributed by atoms with E-state index in [9.17, 15) is 9.59 Å². The highest BCUT2D eigenvalue weighted by molar-refractivity contribution is 9.09. The van der Waals surface area contributed by atoms with Crippen molar-refractivity contribution in [2.24, 2.45) is 17.8 Å². The van der Waals surface area contributed by atoms with Crippen LogP contribution in [0.3, 0.4) is 0 Å². The third-order valence-corrected chi connectivity index (χ3v) is 4.54. The Labute approximate surface area is 111 Å². The highest BCUT2D eigenvalue weighted by Gasteiger charge is 2.51. The number of nitrogens with zero attached hydrogens (tertiary/aromatic N) is 1. The molecule has 1 aliphatic carbocycles. The topological polar surface area (TPSA) is 37.4 Å². The summed E-state index contributed by atoms with van der Waals surface area (Å²) in [5, 5.41) is 0.998. The van der Waals surface area contributed by atoms with Crippen molar-refractivity contribution in [1.82, 2.24) is 4.90 Å². The number of halogens is 1. The average Bonchev–Trinajstić information content (AvgIpc) is 2.77. The molecule has 0 bridgehead atoms. The Bertz CT molecular complexity index is 295. The molecule has 1 heterocycles. The summed E-state index contributed by atoms with van der Waals surface area (Å²) in [7, 11) is 0. The minimum Gasteiger partial charge on any atom is -0.282 e. The molecule has 1 aliphatic heterocycles. The number of alkyl halides is 1. The zero-order valence-electron chi connectivity index (χ0n) is 10.3. The van der Waals surface area contributed by atoms with E-state index in [1.165, 1.54) is 4.90 Å². The van der Waals surface area contributed by atoms with Crippen LogP contribution in [-0.2, 0) is 9.59 Å². The van der Waals surface area contributed by atoms with Gasteiger partial charge < -0.3 is 0 Å². The molecule has 2 rings (SSSR count). The number of hydrogen-bond acceptors (Lipinski definition) is 2. The number of likely N-dealkylation sites (tertiary alicyclic amines) is 1. The molecule has 3 nitrogen and oxygen atoms in total. The largest absolute Gasteiger partial charge is 0.282 e. The number of rotatable bonds is 5.